The van der Waals surface area contributed by atoms with Crippen molar-refractivity contribution in [1.29, 1.82) is 0 Å². The van der Waals surface area contributed by atoms with Crippen molar-refractivity contribution in [2.45, 2.75) is 13.2 Å². The van der Waals surface area contributed by atoms with Gasteiger partial charge in [-0.05, 0) is 12.1 Å². The van der Waals surface area contributed by atoms with E-state index in [9.17, 15) is 0 Å². The molecule has 74 valence electrons. The van der Waals surface area contributed by atoms with Gasteiger partial charge in [-0.1, -0.05) is 11.6 Å². The molecular formula is C9H9ClN2OS. The number of nitrogens with one attached hydrogen (secondary N) is 1. The molecule has 2 aromatic heterocycles. The predicted octanol–water partition coefficient (Wildman–Crippen LogP) is 2.84. The molecule has 2 heterocycles. The summed E-state index contributed by atoms with van der Waals surface area (Å²) in [5.74, 6) is 0.840. The SMILES string of the molecule is Clc1ccc(COCc2ncc[nH]2)s1. The Bertz CT molecular complexity index is 385. The summed E-state index contributed by atoms with van der Waals surface area (Å²) in [6.07, 6.45) is 3.49. The maximum absolute atomic E-state index is 5.78. The standard InChI is InChI=1S/C9H9ClN2OS/c10-8-2-1-7(14-8)5-13-6-9-11-3-4-12-9/h1-4H,5-6H2,(H,11,12). The molecule has 0 aliphatic heterocycles. The Labute approximate surface area is 90.7 Å². The van der Waals surface area contributed by atoms with Gasteiger partial charge in [0.05, 0.1) is 10.9 Å². The third-order valence-corrected chi connectivity index (χ3v) is 2.87. The summed E-state index contributed by atoms with van der Waals surface area (Å²) in [4.78, 5) is 8.15. The van der Waals surface area contributed by atoms with Gasteiger partial charge in [0.1, 0.15) is 12.4 Å². The molecule has 0 amide bonds. The van der Waals surface area contributed by atoms with E-state index in [1.54, 1.807) is 12.4 Å². The summed E-state index contributed by atoms with van der Waals surface area (Å²) in [6.45, 7) is 1.08. The van der Waals surface area contributed by atoms with E-state index in [4.69, 9.17) is 16.3 Å². The largest absolute Gasteiger partial charge is 0.368 e. The highest BCUT2D eigenvalue weighted by Crippen LogP contribution is 2.21. The van der Waals surface area contributed by atoms with Crippen molar-refractivity contribution in [1.82, 2.24) is 9.97 Å². The summed E-state index contributed by atoms with van der Waals surface area (Å²) in [7, 11) is 0. The Hall–Kier alpha value is -0.840. The highest BCUT2D eigenvalue weighted by atomic mass is 35.5. The Morgan fingerprint density at radius 2 is 2.36 bits per heavy atom. The van der Waals surface area contributed by atoms with Crippen molar-refractivity contribution in [3.8, 4) is 0 Å². The summed E-state index contributed by atoms with van der Waals surface area (Å²) >= 11 is 7.32. The second-order valence-corrected chi connectivity index (χ2v) is 4.53. The summed E-state index contributed by atoms with van der Waals surface area (Å²) in [6, 6.07) is 3.84. The third kappa shape index (κ3) is 2.57. The molecule has 0 aromatic carbocycles. The van der Waals surface area contributed by atoms with E-state index >= 15 is 0 Å². The maximum atomic E-state index is 5.78. The number of aromatic nitrogens is 2. The topological polar surface area (TPSA) is 37.9 Å². The van der Waals surface area contributed by atoms with Gasteiger partial charge >= 0.3 is 0 Å². The van der Waals surface area contributed by atoms with Crippen LogP contribution >= 0.6 is 22.9 Å². The molecule has 0 saturated carbocycles. The second-order valence-electron chi connectivity index (χ2n) is 2.73. The molecular weight excluding hydrogens is 220 g/mol. The molecule has 0 atom stereocenters. The number of thiophene rings is 1. The molecule has 0 aliphatic rings. The van der Waals surface area contributed by atoms with Crippen molar-refractivity contribution in [3.63, 3.8) is 0 Å². The van der Waals surface area contributed by atoms with Crippen LogP contribution in [0.5, 0.6) is 0 Å². The van der Waals surface area contributed by atoms with Crippen LogP contribution in [0.3, 0.4) is 0 Å². The molecule has 2 rings (SSSR count). The molecule has 5 heteroatoms. The lowest BCUT2D eigenvalue weighted by molar-refractivity contribution is 0.104. The summed E-state index contributed by atoms with van der Waals surface area (Å²) < 4.78 is 6.23. The number of ether oxygens (including phenoxy) is 1. The molecule has 0 unspecified atom stereocenters. The van der Waals surface area contributed by atoms with E-state index in [0.717, 1.165) is 15.0 Å². The predicted molar refractivity (Wildman–Crippen MR) is 56.4 cm³/mol. The van der Waals surface area contributed by atoms with Crippen molar-refractivity contribution in [2.24, 2.45) is 0 Å². The van der Waals surface area contributed by atoms with Crippen molar-refractivity contribution in [2.75, 3.05) is 0 Å². The first kappa shape index (κ1) is 9.71. The normalized spacial score (nSPS) is 10.6. The maximum Gasteiger partial charge on any atom is 0.132 e. The van der Waals surface area contributed by atoms with Gasteiger partial charge in [-0.25, -0.2) is 4.98 Å². The molecule has 0 fully saturated rings. The minimum absolute atomic E-state index is 0.502. The van der Waals surface area contributed by atoms with Crippen LogP contribution in [0.2, 0.25) is 4.34 Å². The van der Waals surface area contributed by atoms with E-state index in [-0.39, 0.29) is 0 Å². The average Bonchev–Trinajstić information content (AvgIpc) is 2.77. The summed E-state index contributed by atoms with van der Waals surface area (Å²) in [5, 5.41) is 0. The van der Waals surface area contributed by atoms with Gasteiger partial charge in [-0.2, -0.15) is 0 Å². The second kappa shape index (κ2) is 4.59. The molecule has 0 saturated heterocycles. The molecule has 0 radical (unpaired) electrons. The van der Waals surface area contributed by atoms with Gasteiger partial charge < -0.3 is 9.72 Å². The Morgan fingerprint density at radius 3 is 3.00 bits per heavy atom. The van der Waals surface area contributed by atoms with Crippen molar-refractivity contribution in [3.05, 3.63) is 39.6 Å². The molecule has 1 N–H and O–H groups in total. The first-order valence-electron chi connectivity index (χ1n) is 4.15. The van der Waals surface area contributed by atoms with Crippen LogP contribution < -0.4 is 0 Å². The van der Waals surface area contributed by atoms with Crippen LogP contribution in [-0.4, -0.2) is 9.97 Å². The first-order valence-corrected chi connectivity index (χ1v) is 5.34. The van der Waals surface area contributed by atoms with Gasteiger partial charge in [-0.3, -0.25) is 0 Å². The van der Waals surface area contributed by atoms with Crippen LogP contribution in [-0.2, 0) is 18.0 Å². The smallest absolute Gasteiger partial charge is 0.132 e. The summed E-state index contributed by atoms with van der Waals surface area (Å²) in [5.41, 5.74) is 0. The molecule has 14 heavy (non-hydrogen) atoms. The van der Waals surface area contributed by atoms with Crippen LogP contribution in [0.1, 0.15) is 10.7 Å². The number of halogens is 1. The molecule has 0 aliphatic carbocycles. The van der Waals surface area contributed by atoms with Crippen molar-refractivity contribution < 1.29 is 4.74 Å². The number of imidazole rings is 1. The average molecular weight is 229 g/mol. The first-order chi connectivity index (χ1) is 6.84. The number of hydrogen-bond acceptors (Lipinski definition) is 3. The Kier molecular flexibility index (Phi) is 3.18. The van der Waals surface area contributed by atoms with Gasteiger partial charge in [0.25, 0.3) is 0 Å². The molecule has 3 nitrogen and oxygen atoms in total. The molecule has 0 spiro atoms. The Morgan fingerprint density at radius 1 is 1.43 bits per heavy atom. The third-order valence-electron chi connectivity index (χ3n) is 1.67. The van der Waals surface area contributed by atoms with Gasteiger partial charge in [0, 0.05) is 17.3 Å². The quantitative estimate of drug-likeness (QED) is 0.874. The molecule has 2 aromatic rings. The van der Waals surface area contributed by atoms with Crippen molar-refractivity contribution >= 4 is 22.9 Å². The number of H-pyrrole nitrogens is 1. The minimum atomic E-state index is 0.502. The van der Waals surface area contributed by atoms with E-state index in [1.807, 2.05) is 12.1 Å². The minimum Gasteiger partial charge on any atom is -0.368 e. The van der Waals surface area contributed by atoms with E-state index in [2.05, 4.69) is 9.97 Å². The molecule has 0 bridgehead atoms. The lowest BCUT2D eigenvalue weighted by atomic mass is 10.5. The van der Waals surface area contributed by atoms with Crippen LogP contribution in [0.4, 0.5) is 0 Å². The number of nitrogens with zero attached hydrogens (tertiary/aromatic N) is 1. The van der Waals surface area contributed by atoms with E-state index in [0.29, 0.717) is 13.2 Å². The van der Waals surface area contributed by atoms with Gasteiger partial charge in [-0.15, -0.1) is 11.3 Å². The number of rotatable bonds is 4. The van der Waals surface area contributed by atoms with Gasteiger partial charge in [0.2, 0.25) is 0 Å². The highest BCUT2D eigenvalue weighted by Gasteiger charge is 1.99. The fourth-order valence-corrected chi connectivity index (χ4v) is 2.08. The van der Waals surface area contributed by atoms with E-state index < -0.39 is 0 Å². The fraction of sp³-hybridized carbons (Fsp3) is 0.222. The zero-order valence-electron chi connectivity index (χ0n) is 7.37. The van der Waals surface area contributed by atoms with E-state index in [1.165, 1.54) is 11.3 Å². The van der Waals surface area contributed by atoms with Crippen LogP contribution in [0, 0.1) is 0 Å². The fourth-order valence-electron chi connectivity index (χ4n) is 1.05. The van der Waals surface area contributed by atoms with Crippen LogP contribution in [0.15, 0.2) is 24.5 Å². The van der Waals surface area contributed by atoms with Crippen LogP contribution in [0.25, 0.3) is 0 Å². The lowest BCUT2D eigenvalue weighted by Gasteiger charge is -1.98. The zero-order valence-corrected chi connectivity index (χ0v) is 8.94. The zero-order chi connectivity index (χ0) is 9.80. The number of hydrogen-bond donors (Lipinski definition) is 1. The Balaban J connectivity index is 1.78. The number of aromatic amines is 1. The van der Waals surface area contributed by atoms with Gasteiger partial charge in [0.15, 0.2) is 0 Å². The monoisotopic (exact) mass is 228 g/mol. The highest BCUT2D eigenvalue weighted by molar-refractivity contribution is 7.16. The lowest BCUT2D eigenvalue weighted by Crippen LogP contribution is -1.93.